The summed E-state index contributed by atoms with van der Waals surface area (Å²) in [6, 6.07) is -2.56. The van der Waals surface area contributed by atoms with Crippen molar-refractivity contribution in [2.45, 2.75) is 75.4 Å². The fourth-order valence-corrected chi connectivity index (χ4v) is 5.16. The number of β-lactam (4-membered cyclic amide) rings is 1. The summed E-state index contributed by atoms with van der Waals surface area (Å²) in [7, 11) is 0. The Bertz CT molecular complexity index is 755. The van der Waals surface area contributed by atoms with Gasteiger partial charge in [-0.1, -0.05) is 0 Å². The quantitative estimate of drug-likeness (QED) is 0.445. The zero-order valence-corrected chi connectivity index (χ0v) is 16.7. The molecule has 6 atom stereocenters. The molecule has 5 aliphatic heterocycles. The summed E-state index contributed by atoms with van der Waals surface area (Å²) in [6.45, 7) is 3.54. The van der Waals surface area contributed by atoms with Gasteiger partial charge in [-0.05, 0) is 39.5 Å². The Kier molecular flexibility index (Phi) is 4.81. The Labute approximate surface area is 168 Å². The predicted molar refractivity (Wildman–Crippen MR) is 99.2 cm³/mol. The van der Waals surface area contributed by atoms with Crippen LogP contribution in [0.5, 0.6) is 0 Å². The van der Waals surface area contributed by atoms with Crippen molar-refractivity contribution in [3.05, 3.63) is 0 Å². The van der Waals surface area contributed by atoms with Crippen molar-refractivity contribution in [3.8, 4) is 0 Å². The van der Waals surface area contributed by atoms with Crippen molar-refractivity contribution in [2.24, 2.45) is 0 Å². The third-order valence-electron chi connectivity index (χ3n) is 6.83. The van der Waals surface area contributed by atoms with E-state index in [9.17, 15) is 29.4 Å². The van der Waals surface area contributed by atoms with Crippen molar-refractivity contribution in [1.29, 1.82) is 0 Å². The fourth-order valence-electron chi connectivity index (χ4n) is 5.16. The first-order chi connectivity index (χ1) is 13.7. The van der Waals surface area contributed by atoms with Crippen molar-refractivity contribution >= 4 is 23.6 Å². The van der Waals surface area contributed by atoms with E-state index in [0.717, 1.165) is 0 Å². The third-order valence-corrected chi connectivity index (χ3v) is 6.83. The number of rotatable bonds is 2. The Morgan fingerprint density at radius 2 is 1.52 bits per heavy atom. The molecule has 5 heterocycles. The maximum atomic E-state index is 13.3. The number of nitrogens with one attached hydrogen (secondary N) is 1. The number of hydrogen-bond donors (Lipinski definition) is 3. The van der Waals surface area contributed by atoms with Crippen molar-refractivity contribution < 1.29 is 29.4 Å². The van der Waals surface area contributed by atoms with E-state index < -0.39 is 53.6 Å². The Morgan fingerprint density at radius 3 is 2.07 bits per heavy atom. The predicted octanol–water partition coefficient (Wildman–Crippen LogP) is -2.19. The lowest BCUT2D eigenvalue weighted by Gasteiger charge is -2.54. The molecule has 10 heteroatoms. The van der Waals surface area contributed by atoms with Gasteiger partial charge in [-0.3, -0.25) is 19.2 Å². The number of fused-ring (bicyclic) bond motifs is 2. The highest BCUT2D eigenvalue weighted by Gasteiger charge is 2.61. The Hall–Kier alpha value is -2.20. The first kappa shape index (κ1) is 20.1. The lowest BCUT2D eigenvalue weighted by atomic mass is 9.80. The molecule has 0 saturated carbocycles. The zero-order valence-electron chi connectivity index (χ0n) is 16.7. The van der Waals surface area contributed by atoms with Gasteiger partial charge in [0.25, 0.3) is 5.91 Å². The average Bonchev–Trinajstić information content (AvgIpc) is 3.33. The van der Waals surface area contributed by atoms with Gasteiger partial charge in [0.15, 0.2) is 5.54 Å². The Morgan fingerprint density at radius 1 is 0.931 bits per heavy atom. The molecule has 6 unspecified atom stereocenters. The van der Waals surface area contributed by atoms with Gasteiger partial charge in [-0.25, -0.2) is 0 Å². The van der Waals surface area contributed by atoms with E-state index in [1.165, 1.54) is 28.5 Å². The highest BCUT2D eigenvalue weighted by molar-refractivity contribution is 6.03. The topological polar surface area (TPSA) is 130 Å². The first-order valence-corrected chi connectivity index (χ1v) is 10.3. The van der Waals surface area contributed by atoms with Crippen LogP contribution in [0.25, 0.3) is 0 Å². The van der Waals surface area contributed by atoms with Crippen molar-refractivity contribution in [1.82, 2.24) is 20.0 Å². The SMILES string of the molecule is CC(O)C1C(=O)N2CCCC2C(=O)N2CCCC2C(=O)NC2(C(C)O)CN1C2=O. The van der Waals surface area contributed by atoms with Crippen LogP contribution in [-0.4, -0.2) is 104 Å². The number of carbonyl (C=O) groups is 4. The van der Waals surface area contributed by atoms with E-state index >= 15 is 0 Å². The summed E-state index contributed by atoms with van der Waals surface area (Å²) in [4.78, 5) is 56.8. The van der Waals surface area contributed by atoms with Crippen LogP contribution in [-0.2, 0) is 19.2 Å². The minimum Gasteiger partial charge on any atom is -0.391 e. The van der Waals surface area contributed by atoms with Gasteiger partial charge in [0.05, 0.1) is 18.8 Å². The highest BCUT2D eigenvalue weighted by Crippen LogP contribution is 2.34. The van der Waals surface area contributed by atoms with Crippen LogP contribution in [0.15, 0.2) is 0 Å². The normalized spacial score (nSPS) is 37.2. The molecule has 0 spiro atoms. The molecule has 10 nitrogen and oxygen atoms in total. The highest BCUT2D eigenvalue weighted by atomic mass is 16.3. The van der Waals surface area contributed by atoms with Crippen LogP contribution >= 0.6 is 0 Å². The van der Waals surface area contributed by atoms with E-state index in [-0.39, 0.29) is 12.5 Å². The second kappa shape index (κ2) is 6.94. The molecule has 4 amide bonds. The number of aliphatic hydroxyl groups is 2. The van der Waals surface area contributed by atoms with Crippen LogP contribution < -0.4 is 5.32 Å². The molecule has 0 aliphatic carbocycles. The summed E-state index contributed by atoms with van der Waals surface area (Å²) in [5.41, 5.74) is -1.55. The summed E-state index contributed by atoms with van der Waals surface area (Å²) in [5.74, 6) is -1.78. The van der Waals surface area contributed by atoms with Crippen LogP contribution in [0.2, 0.25) is 0 Å². The van der Waals surface area contributed by atoms with E-state index in [1.807, 2.05) is 0 Å². The van der Waals surface area contributed by atoms with Crippen LogP contribution in [0.4, 0.5) is 0 Å². The summed E-state index contributed by atoms with van der Waals surface area (Å²) in [6.07, 6.45) is -0.0792. The van der Waals surface area contributed by atoms with E-state index in [1.54, 1.807) is 0 Å². The number of carbonyl (C=O) groups excluding carboxylic acids is 4. The van der Waals surface area contributed by atoms with E-state index in [4.69, 9.17) is 0 Å². The monoisotopic (exact) mass is 408 g/mol. The maximum Gasteiger partial charge on any atom is 0.253 e. The molecule has 5 saturated heterocycles. The largest absolute Gasteiger partial charge is 0.391 e. The van der Waals surface area contributed by atoms with Gasteiger partial charge in [0, 0.05) is 13.1 Å². The zero-order chi connectivity index (χ0) is 21.1. The van der Waals surface area contributed by atoms with Crippen molar-refractivity contribution in [2.75, 3.05) is 19.6 Å². The maximum absolute atomic E-state index is 13.3. The lowest BCUT2D eigenvalue weighted by molar-refractivity contribution is -0.179. The molecular weight excluding hydrogens is 380 g/mol. The number of nitrogens with zero attached hydrogens (tertiary/aromatic N) is 3. The smallest absolute Gasteiger partial charge is 0.253 e. The minimum atomic E-state index is -1.55. The van der Waals surface area contributed by atoms with Gasteiger partial charge in [-0.15, -0.1) is 0 Å². The summed E-state index contributed by atoms with van der Waals surface area (Å²) < 4.78 is 0. The molecule has 160 valence electrons. The van der Waals surface area contributed by atoms with Gasteiger partial charge in [0.2, 0.25) is 17.7 Å². The standard InChI is InChI=1S/C19H28N4O6/c1-10(24)14-17(28)22-8-4-6-13(22)16(27)21-7-3-5-12(21)15(26)20-19(11(2)25)9-23(14)18(19)29/h10-14,24-25H,3-9H2,1-2H3,(H,20,26). The minimum absolute atomic E-state index is 0.0737. The second-order valence-electron chi connectivity index (χ2n) is 8.63. The second-order valence-corrected chi connectivity index (χ2v) is 8.63. The first-order valence-electron chi connectivity index (χ1n) is 10.3. The lowest BCUT2D eigenvalue weighted by Crippen LogP contribution is -2.82. The third kappa shape index (κ3) is 2.83. The van der Waals surface area contributed by atoms with Crippen molar-refractivity contribution in [3.63, 3.8) is 0 Å². The molecular formula is C19H28N4O6. The molecule has 2 bridgehead atoms. The molecule has 0 aromatic carbocycles. The van der Waals surface area contributed by atoms with E-state index in [0.29, 0.717) is 38.8 Å². The number of amides is 4. The molecule has 0 aromatic heterocycles. The van der Waals surface area contributed by atoms with Gasteiger partial charge < -0.3 is 30.2 Å². The van der Waals surface area contributed by atoms with Gasteiger partial charge in [0.1, 0.15) is 18.1 Å². The molecule has 0 radical (unpaired) electrons. The molecule has 29 heavy (non-hydrogen) atoms. The Balaban J connectivity index is 1.77. The average molecular weight is 408 g/mol. The molecule has 5 rings (SSSR count). The van der Waals surface area contributed by atoms with Crippen LogP contribution in [0.3, 0.4) is 0 Å². The van der Waals surface area contributed by atoms with Crippen LogP contribution in [0, 0.1) is 0 Å². The van der Waals surface area contributed by atoms with E-state index in [2.05, 4.69) is 5.32 Å². The molecule has 5 aliphatic rings. The van der Waals surface area contributed by atoms with Gasteiger partial charge >= 0.3 is 0 Å². The van der Waals surface area contributed by atoms with Crippen LogP contribution in [0.1, 0.15) is 39.5 Å². The molecule has 0 aromatic rings. The molecule has 3 N–H and O–H groups in total. The summed E-state index contributed by atoms with van der Waals surface area (Å²) >= 11 is 0. The van der Waals surface area contributed by atoms with Gasteiger partial charge in [-0.2, -0.15) is 0 Å². The molecule has 5 fully saturated rings. The fraction of sp³-hybridized carbons (Fsp3) is 0.789. The summed E-state index contributed by atoms with van der Waals surface area (Å²) in [5, 5.41) is 23.3. The number of hydrogen-bond acceptors (Lipinski definition) is 6. The number of aliphatic hydroxyl groups excluding tert-OH is 2.